The minimum atomic E-state index is -0.399. The minimum Gasteiger partial charge on any atom is -0.449 e. The van der Waals surface area contributed by atoms with E-state index in [1.807, 2.05) is 42.5 Å². The first kappa shape index (κ1) is 18.5. The third-order valence-corrected chi connectivity index (χ3v) is 4.73. The number of amides is 1. The summed E-state index contributed by atoms with van der Waals surface area (Å²) in [5.74, 6) is 0. The average molecular weight is 412 g/mol. The summed E-state index contributed by atoms with van der Waals surface area (Å²) in [6.45, 7) is 0.446. The van der Waals surface area contributed by atoms with Crippen LogP contribution in [0.1, 0.15) is 24.8 Å². The zero-order valence-electron chi connectivity index (χ0n) is 14.6. The highest BCUT2D eigenvalue weighted by Crippen LogP contribution is 2.23. The van der Waals surface area contributed by atoms with Gasteiger partial charge in [0.25, 0.3) is 0 Å². The molecule has 4 heteroatoms. The Labute approximate surface area is 162 Å². The van der Waals surface area contributed by atoms with Gasteiger partial charge in [0.2, 0.25) is 0 Å². The van der Waals surface area contributed by atoms with Crippen molar-refractivity contribution in [1.29, 1.82) is 0 Å². The molecule has 0 aliphatic rings. The molecule has 26 heavy (non-hydrogen) atoms. The second-order valence-electron chi connectivity index (χ2n) is 6.26. The first-order valence-electron chi connectivity index (χ1n) is 8.88. The molecule has 0 unspecified atom stereocenters. The van der Waals surface area contributed by atoms with Crippen LogP contribution >= 0.6 is 15.9 Å². The Morgan fingerprint density at radius 2 is 1.65 bits per heavy atom. The Bertz CT molecular complexity index is 864. The van der Waals surface area contributed by atoms with Crippen molar-refractivity contribution < 1.29 is 9.53 Å². The molecule has 3 aromatic rings. The third kappa shape index (κ3) is 5.60. The molecule has 134 valence electrons. The van der Waals surface area contributed by atoms with E-state index in [4.69, 9.17) is 4.74 Å². The number of hydrogen-bond acceptors (Lipinski definition) is 2. The summed E-state index contributed by atoms with van der Waals surface area (Å²) in [5.41, 5.74) is 2.10. The molecule has 0 aliphatic heterocycles. The summed E-state index contributed by atoms with van der Waals surface area (Å²) in [6, 6.07) is 22.3. The van der Waals surface area contributed by atoms with Gasteiger partial charge in [-0.1, -0.05) is 58.4 Å². The van der Waals surface area contributed by atoms with Gasteiger partial charge in [0, 0.05) is 10.2 Å². The van der Waals surface area contributed by atoms with Crippen molar-refractivity contribution >= 4 is 38.5 Å². The van der Waals surface area contributed by atoms with Crippen LogP contribution in [0.5, 0.6) is 0 Å². The van der Waals surface area contributed by atoms with E-state index < -0.39 is 6.09 Å². The van der Waals surface area contributed by atoms with Crippen molar-refractivity contribution in [3.8, 4) is 0 Å². The van der Waals surface area contributed by atoms with E-state index in [0.29, 0.717) is 6.61 Å². The maximum absolute atomic E-state index is 11.9. The van der Waals surface area contributed by atoms with Crippen LogP contribution in [0.15, 0.2) is 71.2 Å². The first-order valence-corrected chi connectivity index (χ1v) is 9.67. The van der Waals surface area contributed by atoms with E-state index in [9.17, 15) is 4.79 Å². The number of halogens is 1. The van der Waals surface area contributed by atoms with Crippen LogP contribution in [0.25, 0.3) is 10.8 Å². The smallest absolute Gasteiger partial charge is 0.411 e. The quantitative estimate of drug-likeness (QED) is 0.446. The van der Waals surface area contributed by atoms with Gasteiger partial charge in [0.15, 0.2) is 0 Å². The van der Waals surface area contributed by atoms with Crippen molar-refractivity contribution in [3.05, 3.63) is 76.8 Å². The fraction of sp³-hybridized carbons (Fsp3) is 0.227. The number of carbonyl (C=O) groups excluding carboxylic acids is 1. The molecular weight excluding hydrogens is 390 g/mol. The normalized spacial score (nSPS) is 10.7. The van der Waals surface area contributed by atoms with Gasteiger partial charge in [-0.3, -0.25) is 5.32 Å². The molecule has 0 atom stereocenters. The molecule has 0 aliphatic carbocycles. The third-order valence-electron chi connectivity index (χ3n) is 4.23. The summed E-state index contributed by atoms with van der Waals surface area (Å²) in [6.07, 6.45) is 3.71. The van der Waals surface area contributed by atoms with Crippen LogP contribution in [-0.2, 0) is 11.2 Å². The van der Waals surface area contributed by atoms with E-state index in [0.717, 1.165) is 46.6 Å². The van der Waals surface area contributed by atoms with Gasteiger partial charge >= 0.3 is 6.09 Å². The highest BCUT2D eigenvalue weighted by Gasteiger charge is 2.04. The summed E-state index contributed by atoms with van der Waals surface area (Å²) in [5, 5.41) is 4.99. The zero-order valence-corrected chi connectivity index (χ0v) is 16.2. The molecular formula is C22H22BrNO2. The minimum absolute atomic E-state index is 0.399. The molecule has 3 rings (SSSR count). The zero-order chi connectivity index (χ0) is 18.2. The summed E-state index contributed by atoms with van der Waals surface area (Å²) in [7, 11) is 0. The summed E-state index contributed by atoms with van der Waals surface area (Å²) < 4.78 is 6.31. The van der Waals surface area contributed by atoms with E-state index in [-0.39, 0.29) is 0 Å². The molecule has 0 bridgehead atoms. The van der Waals surface area contributed by atoms with Gasteiger partial charge in [-0.25, -0.2) is 4.79 Å². The van der Waals surface area contributed by atoms with Crippen LogP contribution in [0.3, 0.4) is 0 Å². The maximum Gasteiger partial charge on any atom is 0.411 e. The standard InChI is InChI=1S/C22H22BrNO2/c23-20-12-10-19-16-21(13-11-18(19)15-20)24-22(25)26-14-6-2-5-9-17-7-3-1-4-8-17/h1,3-4,7-8,10-13,15-16H,2,5-6,9,14H2,(H,24,25). The number of aryl methyl sites for hydroxylation is 1. The Morgan fingerprint density at radius 1 is 0.885 bits per heavy atom. The van der Waals surface area contributed by atoms with Gasteiger partial charge in [0.05, 0.1) is 6.61 Å². The Hall–Kier alpha value is -2.33. The van der Waals surface area contributed by atoms with Gasteiger partial charge in [-0.15, -0.1) is 0 Å². The number of hydrogen-bond donors (Lipinski definition) is 1. The molecule has 0 saturated carbocycles. The molecule has 1 N–H and O–H groups in total. The Kier molecular flexibility index (Phi) is 6.67. The van der Waals surface area contributed by atoms with E-state index in [2.05, 4.69) is 45.5 Å². The topological polar surface area (TPSA) is 38.3 Å². The Balaban J connectivity index is 1.37. The van der Waals surface area contributed by atoms with Crippen molar-refractivity contribution in [2.45, 2.75) is 25.7 Å². The number of anilines is 1. The average Bonchev–Trinajstić information content (AvgIpc) is 2.65. The van der Waals surface area contributed by atoms with Gasteiger partial charge in [0.1, 0.15) is 0 Å². The van der Waals surface area contributed by atoms with Crippen molar-refractivity contribution in [1.82, 2.24) is 0 Å². The first-order chi connectivity index (χ1) is 12.7. The number of rotatable bonds is 7. The van der Waals surface area contributed by atoms with Crippen LogP contribution in [-0.4, -0.2) is 12.7 Å². The van der Waals surface area contributed by atoms with Gasteiger partial charge < -0.3 is 4.74 Å². The number of carbonyl (C=O) groups is 1. The molecule has 0 aromatic heterocycles. The molecule has 0 radical (unpaired) electrons. The Morgan fingerprint density at radius 3 is 2.50 bits per heavy atom. The molecule has 0 heterocycles. The lowest BCUT2D eigenvalue weighted by Crippen LogP contribution is -2.14. The van der Waals surface area contributed by atoms with E-state index in [1.54, 1.807) is 0 Å². The lowest BCUT2D eigenvalue weighted by molar-refractivity contribution is 0.159. The predicted molar refractivity (Wildman–Crippen MR) is 111 cm³/mol. The largest absolute Gasteiger partial charge is 0.449 e. The van der Waals surface area contributed by atoms with E-state index >= 15 is 0 Å². The molecule has 0 fully saturated rings. The number of fused-ring (bicyclic) bond motifs is 1. The number of ether oxygens (including phenoxy) is 1. The van der Waals surface area contributed by atoms with Gasteiger partial charge in [-0.2, -0.15) is 0 Å². The second kappa shape index (κ2) is 9.39. The SMILES string of the molecule is O=C(Nc1ccc2cc(Br)ccc2c1)OCCCCCc1ccccc1. The van der Waals surface area contributed by atoms with Crippen molar-refractivity contribution in [2.24, 2.45) is 0 Å². The van der Waals surface area contributed by atoms with Gasteiger partial charge in [-0.05, 0) is 66.3 Å². The molecule has 1 amide bonds. The van der Waals surface area contributed by atoms with Crippen molar-refractivity contribution in [2.75, 3.05) is 11.9 Å². The molecule has 0 saturated heterocycles. The lowest BCUT2D eigenvalue weighted by atomic mass is 10.1. The number of benzene rings is 3. The van der Waals surface area contributed by atoms with Crippen LogP contribution in [0.4, 0.5) is 10.5 Å². The highest BCUT2D eigenvalue weighted by molar-refractivity contribution is 9.10. The summed E-state index contributed by atoms with van der Waals surface area (Å²) >= 11 is 3.46. The fourth-order valence-corrected chi connectivity index (χ4v) is 3.24. The number of unbranched alkanes of at least 4 members (excludes halogenated alkanes) is 2. The number of nitrogens with one attached hydrogen (secondary N) is 1. The van der Waals surface area contributed by atoms with Crippen LogP contribution in [0, 0.1) is 0 Å². The summed E-state index contributed by atoms with van der Waals surface area (Å²) in [4.78, 5) is 11.9. The van der Waals surface area contributed by atoms with E-state index in [1.165, 1.54) is 5.56 Å². The lowest BCUT2D eigenvalue weighted by Gasteiger charge is -2.08. The van der Waals surface area contributed by atoms with Crippen LogP contribution in [0.2, 0.25) is 0 Å². The van der Waals surface area contributed by atoms with Crippen LogP contribution < -0.4 is 5.32 Å². The predicted octanol–water partition coefficient (Wildman–Crippen LogP) is 6.56. The maximum atomic E-state index is 11.9. The second-order valence-corrected chi connectivity index (χ2v) is 7.18. The molecule has 0 spiro atoms. The fourth-order valence-electron chi connectivity index (χ4n) is 2.87. The molecule has 3 nitrogen and oxygen atoms in total. The monoisotopic (exact) mass is 411 g/mol. The molecule has 3 aromatic carbocycles. The van der Waals surface area contributed by atoms with Crippen molar-refractivity contribution in [3.63, 3.8) is 0 Å². The highest BCUT2D eigenvalue weighted by atomic mass is 79.9.